The van der Waals surface area contributed by atoms with E-state index < -0.39 is 59.6 Å². The number of rotatable bonds is 6. The zero-order valence-electron chi connectivity index (χ0n) is 41.7. The zero-order valence-corrected chi connectivity index (χ0v) is 41.7. The minimum Gasteiger partial charge on any atom is -0.460 e. The van der Waals surface area contributed by atoms with Gasteiger partial charge in [-0.15, -0.1) is 0 Å². The molecule has 0 spiro atoms. The monoisotopic (exact) mass is 910 g/mol. The van der Waals surface area contributed by atoms with Crippen LogP contribution in [-0.4, -0.2) is 109 Å². The number of cyclic esters (lactones) is 1. The van der Waals surface area contributed by atoms with Crippen molar-refractivity contribution in [2.75, 3.05) is 27.9 Å². The highest BCUT2D eigenvalue weighted by Crippen LogP contribution is 2.38. The zero-order chi connectivity index (χ0) is 48.2. The Morgan fingerprint density at radius 1 is 0.831 bits per heavy atom. The normalized spacial score (nSPS) is 40.4. The molecule has 366 valence electrons. The van der Waals surface area contributed by atoms with Gasteiger partial charge in [-0.2, -0.15) is 0 Å². The largest absolute Gasteiger partial charge is 0.460 e. The molecule has 0 radical (unpaired) electrons. The number of methoxy groups -OCH3 is 3. The first kappa shape index (κ1) is 54.3. The van der Waals surface area contributed by atoms with Crippen LogP contribution < -0.4 is 0 Å². The summed E-state index contributed by atoms with van der Waals surface area (Å²) in [4.78, 5) is 72.3. The highest BCUT2D eigenvalue weighted by Gasteiger charge is 2.53. The number of carbonyl (C=O) groups is 5. The van der Waals surface area contributed by atoms with Gasteiger partial charge in [0, 0.05) is 64.4 Å². The number of nitrogens with zero attached hydrogens (tertiary/aromatic N) is 1. The number of carbonyl (C=O) groups excluding carboxylic acids is 5. The summed E-state index contributed by atoms with van der Waals surface area (Å²) in [5.74, 6) is -6.38. The maximum Gasteiger partial charge on any atom is 0.329 e. The molecule has 2 bridgehead atoms. The lowest BCUT2D eigenvalue weighted by Gasteiger charge is -2.42. The standard InChI is InChI=1S/C53H83NO11/c1-32-18-14-13-15-19-33(2)46(62-11)30-42-24-22-39(8)53(60,65-42)50(57)51(58)54-25-17-16-20-43(54)52(59)64-47(37(6)28-41-23-21-34(3)45(29-41)61-10)31-44(55)36(5)27-35(4)40(9)49(63-12)48(56)38(7)26-32/h13-15,18-19,27,32,34,36-43,45-47,49,60H,16-17,20-26,28-31H2,1-12H3/b15-13+,18-14+,33-19+,35-27+/t32-,34-,36-,37-,38-,39-,40-,41+,42+,43+,45-,46+,47+,49-,53-/m1/s1. The summed E-state index contributed by atoms with van der Waals surface area (Å²) in [6.45, 7) is 17.7. The first-order valence-corrected chi connectivity index (χ1v) is 24.6. The lowest BCUT2D eigenvalue weighted by atomic mass is 9.76. The van der Waals surface area contributed by atoms with Crippen molar-refractivity contribution < 1.29 is 52.8 Å². The van der Waals surface area contributed by atoms with Crippen molar-refractivity contribution in [3.8, 4) is 0 Å². The highest BCUT2D eigenvalue weighted by atomic mass is 16.6. The summed E-state index contributed by atoms with van der Waals surface area (Å²) in [6, 6.07) is -1.07. The van der Waals surface area contributed by atoms with Gasteiger partial charge < -0.3 is 33.7 Å². The van der Waals surface area contributed by atoms with Gasteiger partial charge in [-0.1, -0.05) is 90.5 Å². The third-order valence-corrected chi connectivity index (χ3v) is 15.3. The predicted octanol–water partition coefficient (Wildman–Crippen LogP) is 8.73. The molecule has 4 rings (SSSR count). The number of piperidine rings is 1. The van der Waals surface area contributed by atoms with E-state index in [2.05, 4.69) is 19.9 Å². The van der Waals surface area contributed by atoms with Crippen LogP contribution in [0.5, 0.6) is 0 Å². The molecule has 3 aliphatic heterocycles. The lowest BCUT2D eigenvalue weighted by molar-refractivity contribution is -0.265. The van der Waals surface area contributed by atoms with Gasteiger partial charge in [-0.05, 0) is 107 Å². The maximum atomic E-state index is 14.4. The molecule has 0 aromatic rings. The van der Waals surface area contributed by atoms with Gasteiger partial charge in [-0.25, -0.2) is 4.79 Å². The second kappa shape index (κ2) is 25.2. The van der Waals surface area contributed by atoms with E-state index in [0.717, 1.165) is 30.4 Å². The Labute approximate surface area is 390 Å². The van der Waals surface area contributed by atoms with Crippen LogP contribution in [0.3, 0.4) is 0 Å². The number of aliphatic hydroxyl groups is 1. The van der Waals surface area contributed by atoms with E-state index in [9.17, 15) is 29.1 Å². The minimum absolute atomic E-state index is 0.0102. The molecule has 0 aromatic carbocycles. The average Bonchev–Trinajstić information content (AvgIpc) is 3.28. The molecule has 1 N–H and O–H groups in total. The molecule has 4 aliphatic rings. The van der Waals surface area contributed by atoms with Gasteiger partial charge in [0.1, 0.15) is 24.0 Å². The van der Waals surface area contributed by atoms with E-state index in [1.165, 1.54) is 4.90 Å². The number of esters is 1. The molecule has 0 aromatic heterocycles. The van der Waals surface area contributed by atoms with Crippen LogP contribution in [0.4, 0.5) is 0 Å². The van der Waals surface area contributed by atoms with Crippen LogP contribution in [0.1, 0.15) is 139 Å². The first-order chi connectivity index (χ1) is 30.7. The van der Waals surface area contributed by atoms with Gasteiger partial charge in [0.2, 0.25) is 5.79 Å². The Balaban J connectivity index is 1.70. The summed E-state index contributed by atoms with van der Waals surface area (Å²) < 4.78 is 30.1. The molecule has 12 heteroatoms. The quantitative estimate of drug-likeness (QED) is 0.155. The summed E-state index contributed by atoms with van der Waals surface area (Å²) in [5, 5.41) is 12.0. The molecule has 1 aliphatic carbocycles. The van der Waals surface area contributed by atoms with Crippen LogP contribution in [0.2, 0.25) is 0 Å². The number of hydrogen-bond donors (Lipinski definition) is 1. The first-order valence-electron chi connectivity index (χ1n) is 24.6. The summed E-state index contributed by atoms with van der Waals surface area (Å²) in [5.41, 5.74) is 1.77. The topological polar surface area (TPSA) is 155 Å². The SMILES string of the molecule is CO[C@H]1C[C@@H]2CC[C@@H](C)[C@@](O)(O2)C(=O)C(=O)N2CCCC[C@H]2C(=O)O[C@H]([C@H](C)C[C@@H]2CC[C@@H](C)[C@H](OC)C2)CC(=O)[C@H](C)/C=C(\C)[C@@H](C)[C@@H](OC)C(=O)[C@H](C)C[C@H](C)/C=C/C=C/C=C/1C. The van der Waals surface area contributed by atoms with Crippen LogP contribution >= 0.6 is 0 Å². The van der Waals surface area contributed by atoms with Crippen molar-refractivity contribution >= 4 is 29.2 Å². The molecule has 0 unspecified atom stereocenters. The number of ether oxygens (including phenoxy) is 5. The summed E-state index contributed by atoms with van der Waals surface area (Å²) >= 11 is 0. The van der Waals surface area contributed by atoms with E-state index in [0.29, 0.717) is 56.8 Å². The Kier molecular flexibility index (Phi) is 21.0. The Bertz CT molecular complexity index is 1750. The molecular weight excluding hydrogens is 827 g/mol. The molecule has 3 fully saturated rings. The van der Waals surface area contributed by atoms with Gasteiger partial charge in [-0.3, -0.25) is 19.2 Å². The summed E-state index contributed by atoms with van der Waals surface area (Å²) in [6.07, 6.45) is 16.4. The van der Waals surface area contributed by atoms with Crippen molar-refractivity contribution in [3.63, 3.8) is 0 Å². The fraction of sp³-hybridized carbons (Fsp3) is 0.755. The minimum atomic E-state index is -2.39. The number of hydrogen-bond acceptors (Lipinski definition) is 11. The van der Waals surface area contributed by atoms with E-state index in [-0.39, 0.29) is 66.8 Å². The number of fused-ring (bicyclic) bond motifs is 3. The van der Waals surface area contributed by atoms with Gasteiger partial charge in [0.15, 0.2) is 5.78 Å². The van der Waals surface area contributed by atoms with E-state index >= 15 is 0 Å². The van der Waals surface area contributed by atoms with Crippen molar-refractivity contribution in [1.29, 1.82) is 0 Å². The van der Waals surface area contributed by atoms with E-state index in [1.807, 2.05) is 71.9 Å². The van der Waals surface area contributed by atoms with Crippen molar-refractivity contribution in [3.05, 3.63) is 47.6 Å². The summed E-state index contributed by atoms with van der Waals surface area (Å²) in [7, 11) is 4.90. The Morgan fingerprint density at radius 2 is 1.55 bits per heavy atom. The second-order valence-electron chi connectivity index (χ2n) is 20.3. The molecular formula is C53H83NO11. The van der Waals surface area contributed by atoms with Crippen molar-refractivity contribution in [2.45, 2.75) is 182 Å². The molecule has 2 saturated heterocycles. The molecule has 1 saturated carbocycles. The third-order valence-electron chi connectivity index (χ3n) is 15.3. The van der Waals surface area contributed by atoms with Gasteiger partial charge in [0.25, 0.3) is 11.7 Å². The molecule has 3 heterocycles. The van der Waals surface area contributed by atoms with Crippen molar-refractivity contribution in [1.82, 2.24) is 4.90 Å². The van der Waals surface area contributed by atoms with Gasteiger partial charge in [0.05, 0.1) is 18.3 Å². The smallest absolute Gasteiger partial charge is 0.329 e. The van der Waals surface area contributed by atoms with Crippen molar-refractivity contribution in [2.24, 2.45) is 47.3 Å². The van der Waals surface area contributed by atoms with E-state index in [1.54, 1.807) is 28.3 Å². The average molecular weight is 910 g/mol. The van der Waals surface area contributed by atoms with E-state index in [4.69, 9.17) is 23.7 Å². The molecule has 1 amide bonds. The van der Waals surface area contributed by atoms with Crippen LogP contribution in [0.25, 0.3) is 0 Å². The molecule has 65 heavy (non-hydrogen) atoms. The molecule has 12 nitrogen and oxygen atoms in total. The maximum absolute atomic E-state index is 14.4. The Hall–Kier alpha value is -3.29. The fourth-order valence-corrected chi connectivity index (χ4v) is 10.6. The highest BCUT2D eigenvalue weighted by molar-refractivity contribution is 6.39. The van der Waals surface area contributed by atoms with Crippen LogP contribution in [0.15, 0.2) is 47.6 Å². The molecule has 15 atom stereocenters. The number of allylic oxidation sites excluding steroid dienone is 6. The third kappa shape index (κ3) is 14.4. The van der Waals surface area contributed by atoms with Crippen LogP contribution in [-0.2, 0) is 47.7 Å². The number of Topliss-reactive ketones (excluding diaryl/α,β-unsaturated/α-hetero) is 3. The Morgan fingerprint density at radius 3 is 2.23 bits per heavy atom. The van der Waals surface area contributed by atoms with Gasteiger partial charge >= 0.3 is 5.97 Å². The lowest BCUT2D eigenvalue weighted by Crippen LogP contribution is -2.61. The van der Waals surface area contributed by atoms with Crippen LogP contribution in [0, 0.1) is 47.3 Å². The number of amides is 1. The number of ketones is 3. The predicted molar refractivity (Wildman–Crippen MR) is 251 cm³/mol. The second-order valence-corrected chi connectivity index (χ2v) is 20.3. The fourth-order valence-electron chi connectivity index (χ4n) is 10.6.